The van der Waals surface area contributed by atoms with Crippen molar-refractivity contribution in [2.75, 3.05) is 5.73 Å². The van der Waals surface area contributed by atoms with Gasteiger partial charge in [-0.05, 0) is 38.1 Å². The highest BCUT2D eigenvalue weighted by Crippen LogP contribution is 2.30. The lowest BCUT2D eigenvalue weighted by Gasteiger charge is -2.12. The summed E-state index contributed by atoms with van der Waals surface area (Å²) < 4.78 is 1.94. The smallest absolute Gasteiger partial charge is 0.0700 e. The van der Waals surface area contributed by atoms with Crippen molar-refractivity contribution in [3.63, 3.8) is 0 Å². The molecule has 2 aromatic rings. The van der Waals surface area contributed by atoms with Gasteiger partial charge in [0, 0.05) is 23.5 Å². The van der Waals surface area contributed by atoms with Gasteiger partial charge in [0.1, 0.15) is 0 Å². The Morgan fingerprint density at radius 3 is 2.69 bits per heavy atom. The minimum atomic E-state index is 0.304. The van der Waals surface area contributed by atoms with Gasteiger partial charge in [0.25, 0.3) is 0 Å². The molecule has 4 heteroatoms. The quantitative estimate of drug-likeness (QED) is 0.812. The summed E-state index contributed by atoms with van der Waals surface area (Å²) in [7, 11) is 0. The fraction of sp³-hybridized carbons (Fsp3) is 0.250. The monoisotopic (exact) mass is 235 g/mol. The van der Waals surface area contributed by atoms with Crippen LogP contribution in [0, 0.1) is 0 Å². The van der Waals surface area contributed by atoms with Gasteiger partial charge in [-0.1, -0.05) is 11.6 Å². The van der Waals surface area contributed by atoms with Crippen molar-refractivity contribution in [3.8, 4) is 11.3 Å². The van der Waals surface area contributed by atoms with Gasteiger partial charge >= 0.3 is 0 Å². The second-order valence-corrected chi connectivity index (χ2v) is 4.40. The molecule has 0 fully saturated rings. The van der Waals surface area contributed by atoms with Crippen LogP contribution in [0.25, 0.3) is 11.3 Å². The Bertz CT molecular complexity index is 503. The summed E-state index contributed by atoms with van der Waals surface area (Å²) in [6, 6.07) is 7.79. The summed E-state index contributed by atoms with van der Waals surface area (Å²) >= 11 is 6.18. The maximum atomic E-state index is 6.18. The first-order valence-electron chi connectivity index (χ1n) is 5.18. The first kappa shape index (κ1) is 11.0. The van der Waals surface area contributed by atoms with E-state index in [2.05, 4.69) is 18.9 Å². The Labute approximate surface area is 99.8 Å². The number of aromatic nitrogens is 2. The Morgan fingerprint density at radius 1 is 1.31 bits per heavy atom. The lowest BCUT2D eigenvalue weighted by Crippen LogP contribution is -2.04. The van der Waals surface area contributed by atoms with Crippen LogP contribution in [0.5, 0.6) is 0 Å². The summed E-state index contributed by atoms with van der Waals surface area (Å²) in [5.74, 6) is 0. The van der Waals surface area contributed by atoms with Gasteiger partial charge in [0.05, 0.1) is 10.7 Å². The number of benzene rings is 1. The van der Waals surface area contributed by atoms with Crippen LogP contribution in [-0.2, 0) is 0 Å². The standard InChI is InChI=1S/C12H14ClN3/c1-8(2)16-12(5-6-15-16)10-4-3-9(14)7-11(10)13/h3-8H,14H2,1-2H3. The molecule has 2 N–H and O–H groups in total. The van der Waals surface area contributed by atoms with Gasteiger partial charge in [-0.25, -0.2) is 0 Å². The zero-order valence-corrected chi connectivity index (χ0v) is 10.1. The number of nitrogens with zero attached hydrogens (tertiary/aromatic N) is 2. The molecule has 84 valence electrons. The van der Waals surface area contributed by atoms with Crippen molar-refractivity contribution < 1.29 is 0 Å². The number of halogens is 1. The summed E-state index contributed by atoms with van der Waals surface area (Å²) in [4.78, 5) is 0. The first-order chi connectivity index (χ1) is 7.59. The maximum absolute atomic E-state index is 6.18. The number of anilines is 1. The molecule has 1 aromatic carbocycles. The topological polar surface area (TPSA) is 43.8 Å². The largest absolute Gasteiger partial charge is 0.399 e. The molecule has 1 heterocycles. The van der Waals surface area contributed by atoms with Crippen molar-refractivity contribution in [1.29, 1.82) is 0 Å². The van der Waals surface area contributed by atoms with Crippen molar-refractivity contribution >= 4 is 17.3 Å². The van der Waals surface area contributed by atoms with E-state index in [0.29, 0.717) is 16.8 Å². The van der Waals surface area contributed by atoms with Crippen molar-refractivity contribution in [2.45, 2.75) is 19.9 Å². The zero-order valence-electron chi connectivity index (χ0n) is 9.31. The van der Waals surface area contributed by atoms with Crippen LogP contribution in [0.2, 0.25) is 5.02 Å². The molecular weight excluding hydrogens is 222 g/mol. The Kier molecular flexibility index (Phi) is 2.88. The molecule has 0 amide bonds. The summed E-state index contributed by atoms with van der Waals surface area (Å²) in [5.41, 5.74) is 8.32. The fourth-order valence-corrected chi connectivity index (χ4v) is 1.96. The molecule has 0 atom stereocenters. The van der Waals surface area contributed by atoms with Gasteiger partial charge in [-0.3, -0.25) is 4.68 Å². The molecule has 0 aliphatic carbocycles. The third kappa shape index (κ3) is 1.91. The van der Waals surface area contributed by atoms with Crippen molar-refractivity contribution in [3.05, 3.63) is 35.5 Å². The predicted octanol–water partition coefficient (Wildman–Crippen LogP) is 3.37. The number of rotatable bonds is 2. The summed E-state index contributed by atoms with van der Waals surface area (Å²) in [5, 5.41) is 4.94. The van der Waals surface area contributed by atoms with Crippen LogP contribution in [0.15, 0.2) is 30.5 Å². The third-order valence-corrected chi connectivity index (χ3v) is 2.74. The fourth-order valence-electron chi connectivity index (χ4n) is 1.68. The highest BCUT2D eigenvalue weighted by Gasteiger charge is 2.11. The first-order valence-corrected chi connectivity index (χ1v) is 5.56. The molecule has 1 aromatic heterocycles. The molecule has 0 spiro atoms. The van der Waals surface area contributed by atoms with Crippen LogP contribution in [0.1, 0.15) is 19.9 Å². The molecule has 0 bridgehead atoms. The average Bonchev–Trinajstić information content (AvgIpc) is 2.66. The molecule has 0 saturated carbocycles. The van der Waals surface area contributed by atoms with E-state index in [0.717, 1.165) is 11.3 Å². The second-order valence-electron chi connectivity index (χ2n) is 3.99. The molecule has 0 unspecified atom stereocenters. The molecule has 16 heavy (non-hydrogen) atoms. The van der Waals surface area contributed by atoms with E-state index < -0.39 is 0 Å². The van der Waals surface area contributed by atoms with Crippen LogP contribution in [0.4, 0.5) is 5.69 Å². The highest BCUT2D eigenvalue weighted by atomic mass is 35.5. The lowest BCUT2D eigenvalue weighted by molar-refractivity contribution is 0.538. The van der Waals surface area contributed by atoms with Crippen LogP contribution in [-0.4, -0.2) is 9.78 Å². The molecule has 2 rings (SSSR count). The van der Waals surface area contributed by atoms with Crippen LogP contribution >= 0.6 is 11.6 Å². The maximum Gasteiger partial charge on any atom is 0.0700 e. The molecular formula is C12H14ClN3. The second kappa shape index (κ2) is 4.18. The van der Waals surface area contributed by atoms with E-state index in [-0.39, 0.29) is 0 Å². The van der Waals surface area contributed by atoms with Gasteiger partial charge < -0.3 is 5.73 Å². The molecule has 3 nitrogen and oxygen atoms in total. The molecule has 0 aliphatic heterocycles. The minimum Gasteiger partial charge on any atom is -0.399 e. The van der Waals surface area contributed by atoms with Crippen molar-refractivity contribution in [2.24, 2.45) is 0 Å². The zero-order chi connectivity index (χ0) is 11.7. The van der Waals surface area contributed by atoms with Crippen LogP contribution in [0.3, 0.4) is 0 Å². The van der Waals surface area contributed by atoms with Gasteiger partial charge in [0.15, 0.2) is 0 Å². The van der Waals surface area contributed by atoms with E-state index in [1.807, 2.05) is 22.9 Å². The summed E-state index contributed by atoms with van der Waals surface area (Å²) in [6.45, 7) is 4.17. The van der Waals surface area contributed by atoms with E-state index in [4.69, 9.17) is 17.3 Å². The third-order valence-electron chi connectivity index (χ3n) is 2.43. The predicted molar refractivity (Wildman–Crippen MR) is 67.5 cm³/mol. The van der Waals surface area contributed by atoms with Crippen LogP contribution < -0.4 is 5.73 Å². The van der Waals surface area contributed by atoms with E-state index in [1.165, 1.54) is 0 Å². The minimum absolute atomic E-state index is 0.304. The summed E-state index contributed by atoms with van der Waals surface area (Å²) in [6.07, 6.45) is 1.78. The van der Waals surface area contributed by atoms with Gasteiger partial charge in [0.2, 0.25) is 0 Å². The van der Waals surface area contributed by atoms with E-state index in [1.54, 1.807) is 12.3 Å². The normalized spacial score (nSPS) is 11.0. The number of hydrogen-bond acceptors (Lipinski definition) is 2. The van der Waals surface area contributed by atoms with E-state index >= 15 is 0 Å². The highest BCUT2D eigenvalue weighted by molar-refractivity contribution is 6.33. The SMILES string of the molecule is CC(C)n1nccc1-c1ccc(N)cc1Cl. The van der Waals surface area contributed by atoms with Gasteiger partial charge in [-0.2, -0.15) is 5.10 Å². The van der Waals surface area contributed by atoms with Crippen molar-refractivity contribution in [1.82, 2.24) is 9.78 Å². The van der Waals surface area contributed by atoms with E-state index in [9.17, 15) is 0 Å². The Hall–Kier alpha value is -1.48. The molecule has 0 aliphatic rings. The van der Waals surface area contributed by atoms with Gasteiger partial charge in [-0.15, -0.1) is 0 Å². The number of nitrogen functional groups attached to an aromatic ring is 1. The number of hydrogen-bond donors (Lipinski definition) is 1. The molecule has 0 saturated heterocycles. The Balaban J connectivity index is 2.54. The Morgan fingerprint density at radius 2 is 2.06 bits per heavy atom. The average molecular weight is 236 g/mol. The molecule has 0 radical (unpaired) electrons. The lowest BCUT2D eigenvalue weighted by atomic mass is 10.1. The number of nitrogens with two attached hydrogens (primary N) is 1.